The molecule has 162 valence electrons. The van der Waals surface area contributed by atoms with Crippen LogP contribution in [-0.2, 0) is 9.53 Å². The molecule has 1 unspecified atom stereocenters. The first kappa shape index (κ1) is 21.0. The third-order valence-electron chi connectivity index (χ3n) is 5.21. The third kappa shape index (κ3) is 4.77. The van der Waals surface area contributed by atoms with Gasteiger partial charge in [0, 0.05) is 29.9 Å². The van der Waals surface area contributed by atoms with Crippen molar-refractivity contribution < 1.29 is 19.1 Å². The maximum absolute atomic E-state index is 12.4. The Morgan fingerprint density at radius 2 is 2.10 bits per heavy atom. The summed E-state index contributed by atoms with van der Waals surface area (Å²) in [6.45, 7) is 0.933. The lowest BCUT2D eigenvalue weighted by Gasteiger charge is -2.20. The summed E-state index contributed by atoms with van der Waals surface area (Å²) in [4.78, 5) is 38.9. The van der Waals surface area contributed by atoms with Gasteiger partial charge >= 0.3 is 6.09 Å². The van der Waals surface area contributed by atoms with Crippen molar-refractivity contribution in [2.75, 3.05) is 41.4 Å². The van der Waals surface area contributed by atoms with Crippen LogP contribution in [-0.4, -0.2) is 49.9 Å². The van der Waals surface area contributed by atoms with E-state index in [4.69, 9.17) is 4.74 Å². The zero-order valence-corrected chi connectivity index (χ0v) is 18.0. The maximum atomic E-state index is 12.4. The highest BCUT2D eigenvalue weighted by atomic mass is 32.2. The van der Waals surface area contributed by atoms with Crippen LogP contribution in [0.25, 0.3) is 0 Å². The normalized spacial score (nSPS) is 17.6. The van der Waals surface area contributed by atoms with Crippen LogP contribution in [0.4, 0.5) is 21.9 Å². The topological polar surface area (TPSA) is 99.8 Å². The molecule has 0 bridgehead atoms. The van der Waals surface area contributed by atoms with Crippen molar-refractivity contribution in [1.82, 2.24) is 5.32 Å². The van der Waals surface area contributed by atoms with Crippen molar-refractivity contribution in [3.63, 3.8) is 0 Å². The second-order valence-electron chi connectivity index (χ2n) is 7.33. The van der Waals surface area contributed by atoms with Crippen LogP contribution in [0.3, 0.4) is 0 Å². The van der Waals surface area contributed by atoms with E-state index in [1.54, 1.807) is 18.0 Å². The van der Waals surface area contributed by atoms with Gasteiger partial charge < -0.3 is 20.7 Å². The molecule has 4 rings (SSSR count). The highest BCUT2D eigenvalue weighted by Gasteiger charge is 2.32. The van der Waals surface area contributed by atoms with Crippen LogP contribution in [0.15, 0.2) is 47.4 Å². The highest BCUT2D eigenvalue weighted by Crippen LogP contribution is 2.35. The quantitative estimate of drug-likeness (QED) is 0.572. The number of carbonyl (C=O) groups is 3. The number of nitrogens with zero attached hydrogens (tertiary/aromatic N) is 1. The van der Waals surface area contributed by atoms with Crippen molar-refractivity contribution >= 4 is 46.7 Å². The van der Waals surface area contributed by atoms with E-state index in [-0.39, 0.29) is 17.9 Å². The first-order valence-electron chi connectivity index (χ1n) is 10.1. The van der Waals surface area contributed by atoms with Gasteiger partial charge in [0.05, 0.1) is 23.5 Å². The van der Waals surface area contributed by atoms with E-state index in [0.29, 0.717) is 42.9 Å². The molecule has 0 spiro atoms. The molecule has 1 saturated heterocycles. The summed E-state index contributed by atoms with van der Waals surface area (Å²) in [6.07, 6.45) is 0.699. The Morgan fingerprint density at radius 1 is 1.26 bits per heavy atom. The molecule has 0 saturated carbocycles. The van der Waals surface area contributed by atoms with Crippen LogP contribution in [0, 0.1) is 0 Å². The van der Waals surface area contributed by atoms with E-state index in [0.717, 1.165) is 16.3 Å². The summed E-state index contributed by atoms with van der Waals surface area (Å²) in [5.74, 6) is 0.219. The van der Waals surface area contributed by atoms with Gasteiger partial charge in [-0.3, -0.25) is 14.5 Å². The molecule has 2 aromatic carbocycles. The summed E-state index contributed by atoms with van der Waals surface area (Å²) >= 11 is 1.48. The number of rotatable bonds is 7. The largest absolute Gasteiger partial charge is 0.444 e. The minimum absolute atomic E-state index is 0.0455. The zero-order chi connectivity index (χ0) is 21.8. The molecule has 3 amide bonds. The summed E-state index contributed by atoms with van der Waals surface area (Å²) < 4.78 is 5.49. The SMILES string of the molecule is CNc1ccccc1C(=O)NCCCC1CN(c2ccc3c(c2)NC(=O)CS3)C(=O)O1. The highest BCUT2D eigenvalue weighted by molar-refractivity contribution is 8.00. The van der Waals surface area contributed by atoms with Crippen molar-refractivity contribution in [2.45, 2.75) is 23.8 Å². The molecule has 9 heteroatoms. The summed E-state index contributed by atoms with van der Waals surface area (Å²) in [5, 5.41) is 8.77. The number of nitrogens with one attached hydrogen (secondary N) is 3. The first-order valence-corrected chi connectivity index (χ1v) is 11.1. The van der Waals surface area contributed by atoms with Gasteiger partial charge in [0.2, 0.25) is 5.91 Å². The second-order valence-corrected chi connectivity index (χ2v) is 8.34. The first-order chi connectivity index (χ1) is 15.0. The number of carbonyl (C=O) groups excluding carboxylic acids is 3. The molecule has 0 aromatic heterocycles. The van der Waals surface area contributed by atoms with Crippen LogP contribution in [0.1, 0.15) is 23.2 Å². The standard InChI is InChI=1S/C22H24N4O4S/c1-23-17-7-3-2-6-16(17)21(28)24-10-4-5-15-12-26(22(29)30-15)14-8-9-19-18(11-14)25-20(27)13-31-19/h2-3,6-9,11,15,23H,4-5,10,12-13H2,1H3,(H,24,28)(H,25,27). The van der Waals surface area contributed by atoms with Crippen LogP contribution in [0.5, 0.6) is 0 Å². The number of benzene rings is 2. The Balaban J connectivity index is 1.28. The Morgan fingerprint density at radius 3 is 2.94 bits per heavy atom. The fraction of sp³-hybridized carbons (Fsp3) is 0.318. The minimum atomic E-state index is -0.397. The molecular weight excluding hydrogens is 416 g/mol. The number of cyclic esters (lactones) is 1. The molecule has 2 heterocycles. The lowest BCUT2D eigenvalue weighted by atomic mass is 10.1. The average molecular weight is 441 g/mol. The molecule has 2 aromatic rings. The van der Waals surface area contributed by atoms with Crippen LogP contribution >= 0.6 is 11.8 Å². The summed E-state index contributed by atoms with van der Waals surface area (Å²) in [5.41, 5.74) is 2.80. The fourth-order valence-corrected chi connectivity index (χ4v) is 4.44. The average Bonchev–Trinajstić information content (AvgIpc) is 3.16. The number of hydrogen-bond acceptors (Lipinski definition) is 6. The van der Waals surface area contributed by atoms with Gasteiger partial charge in [0.25, 0.3) is 5.91 Å². The molecule has 31 heavy (non-hydrogen) atoms. The molecule has 1 fully saturated rings. The van der Waals surface area contributed by atoms with Gasteiger partial charge in [0.1, 0.15) is 6.10 Å². The van der Waals surface area contributed by atoms with E-state index in [2.05, 4.69) is 16.0 Å². The Kier molecular flexibility index (Phi) is 6.31. The van der Waals surface area contributed by atoms with Crippen molar-refractivity contribution in [3.05, 3.63) is 48.0 Å². The third-order valence-corrected chi connectivity index (χ3v) is 6.28. The second kappa shape index (κ2) is 9.30. The number of amides is 3. The fourth-order valence-electron chi connectivity index (χ4n) is 3.65. The predicted molar refractivity (Wildman–Crippen MR) is 121 cm³/mol. The van der Waals surface area contributed by atoms with E-state index in [9.17, 15) is 14.4 Å². The lowest BCUT2D eigenvalue weighted by molar-refractivity contribution is -0.113. The van der Waals surface area contributed by atoms with Crippen molar-refractivity contribution in [2.24, 2.45) is 0 Å². The number of hydrogen-bond donors (Lipinski definition) is 3. The monoisotopic (exact) mass is 440 g/mol. The molecular formula is C22H24N4O4S. The van der Waals surface area contributed by atoms with Crippen molar-refractivity contribution in [1.29, 1.82) is 0 Å². The molecule has 0 radical (unpaired) electrons. The summed E-state index contributed by atoms with van der Waals surface area (Å²) in [7, 11) is 1.78. The van der Waals surface area contributed by atoms with Crippen LogP contribution in [0.2, 0.25) is 0 Å². The molecule has 0 aliphatic carbocycles. The van der Waals surface area contributed by atoms with Crippen LogP contribution < -0.4 is 20.9 Å². The Labute approximate surface area is 184 Å². The molecule has 2 aliphatic rings. The van der Waals surface area contributed by atoms with E-state index in [1.165, 1.54) is 11.8 Å². The molecule has 2 aliphatic heterocycles. The minimum Gasteiger partial charge on any atom is -0.444 e. The molecule has 1 atom stereocenters. The van der Waals surface area contributed by atoms with Gasteiger partial charge in [-0.15, -0.1) is 11.8 Å². The van der Waals surface area contributed by atoms with E-state index >= 15 is 0 Å². The summed E-state index contributed by atoms with van der Waals surface area (Å²) in [6, 6.07) is 12.9. The Bertz CT molecular complexity index is 1010. The van der Waals surface area contributed by atoms with E-state index < -0.39 is 6.09 Å². The van der Waals surface area contributed by atoms with Crippen molar-refractivity contribution in [3.8, 4) is 0 Å². The smallest absolute Gasteiger partial charge is 0.414 e. The number of para-hydroxylation sites is 1. The number of fused-ring (bicyclic) bond motifs is 1. The maximum Gasteiger partial charge on any atom is 0.414 e. The number of thioether (sulfide) groups is 1. The van der Waals surface area contributed by atoms with Gasteiger partial charge in [-0.25, -0.2) is 4.79 Å². The number of anilines is 3. The lowest BCUT2D eigenvalue weighted by Crippen LogP contribution is -2.27. The van der Waals surface area contributed by atoms with E-state index in [1.807, 2.05) is 36.4 Å². The van der Waals surface area contributed by atoms with Gasteiger partial charge in [0.15, 0.2) is 0 Å². The Hall–Kier alpha value is -3.20. The molecule has 8 nitrogen and oxygen atoms in total. The molecule has 3 N–H and O–H groups in total. The van der Waals surface area contributed by atoms with Gasteiger partial charge in [-0.1, -0.05) is 12.1 Å². The van der Waals surface area contributed by atoms with Gasteiger partial charge in [-0.2, -0.15) is 0 Å². The van der Waals surface area contributed by atoms with Gasteiger partial charge in [-0.05, 0) is 43.2 Å². The number of ether oxygens (including phenoxy) is 1. The zero-order valence-electron chi connectivity index (χ0n) is 17.1. The predicted octanol–water partition coefficient (Wildman–Crippen LogP) is 3.31.